The Morgan fingerprint density at radius 2 is 2.26 bits per heavy atom. The zero-order valence-electron chi connectivity index (χ0n) is 19.1. The molecule has 2 atom stereocenters. The maximum Gasteiger partial charge on any atom is 0.254 e. The number of aromatic hydroxyl groups is 1. The zero-order valence-corrected chi connectivity index (χ0v) is 19.1. The van der Waals surface area contributed by atoms with Crippen molar-refractivity contribution in [1.29, 1.82) is 5.26 Å². The van der Waals surface area contributed by atoms with E-state index in [1.165, 1.54) is 10.9 Å². The number of furan rings is 1. The van der Waals surface area contributed by atoms with Gasteiger partial charge in [0.25, 0.3) is 5.91 Å². The number of anilines is 1. The number of rotatable bonds is 8. The van der Waals surface area contributed by atoms with Crippen LogP contribution in [-0.4, -0.2) is 51.4 Å². The average molecular weight is 481 g/mol. The molecule has 1 aromatic carbocycles. The Bertz CT molecular complexity index is 1300. The molecule has 0 bridgehead atoms. The van der Waals surface area contributed by atoms with Crippen LogP contribution in [0.1, 0.15) is 34.5 Å². The van der Waals surface area contributed by atoms with Gasteiger partial charge in [-0.25, -0.2) is 4.39 Å². The number of alkyl halides is 1. The molecular weight excluding hydrogens is 455 g/mol. The van der Waals surface area contributed by atoms with Gasteiger partial charge >= 0.3 is 0 Å². The first kappa shape index (κ1) is 24.0. The first-order valence-electron chi connectivity index (χ1n) is 11.0. The number of hydrogen-bond acceptors (Lipinski definition) is 7. The van der Waals surface area contributed by atoms with Crippen LogP contribution < -0.4 is 11.1 Å². The predicted octanol–water partition coefficient (Wildman–Crippen LogP) is 2.68. The molecule has 2 aromatic heterocycles. The average Bonchev–Trinajstić information content (AvgIpc) is 3.43. The lowest BCUT2D eigenvalue weighted by Gasteiger charge is -2.43. The SMILES string of the molecule is Cc1ccc(-c2ccc(CN3CCC(CC#N)(n4cc(C(N)=O)c(NC=O)n4)C(F)C3)cc2O)o1. The second-order valence-electron chi connectivity index (χ2n) is 8.62. The Labute approximate surface area is 200 Å². The van der Waals surface area contributed by atoms with Gasteiger partial charge in [0.05, 0.1) is 18.1 Å². The number of nitrogens with zero attached hydrogens (tertiary/aromatic N) is 4. The summed E-state index contributed by atoms with van der Waals surface area (Å²) >= 11 is 0. The van der Waals surface area contributed by atoms with Crippen LogP contribution in [0.25, 0.3) is 11.3 Å². The molecule has 10 nitrogen and oxygen atoms in total. The molecule has 2 amide bonds. The number of piperidine rings is 1. The number of phenols is 1. The van der Waals surface area contributed by atoms with Gasteiger partial charge in [0.1, 0.15) is 34.5 Å². The van der Waals surface area contributed by atoms with Gasteiger partial charge in [-0.05, 0) is 43.2 Å². The Hall–Kier alpha value is -4.17. The summed E-state index contributed by atoms with van der Waals surface area (Å²) in [6.07, 6.45) is 0.179. The van der Waals surface area contributed by atoms with Crippen molar-refractivity contribution >= 4 is 18.1 Å². The third-order valence-corrected chi connectivity index (χ3v) is 6.35. The van der Waals surface area contributed by atoms with E-state index in [1.807, 2.05) is 30.0 Å². The number of nitrogens with two attached hydrogens (primary N) is 1. The fourth-order valence-corrected chi connectivity index (χ4v) is 4.48. The number of nitriles is 1. The van der Waals surface area contributed by atoms with Gasteiger partial charge in [-0.3, -0.25) is 19.2 Å². The van der Waals surface area contributed by atoms with Crippen molar-refractivity contribution in [3.05, 3.63) is 53.4 Å². The molecule has 11 heteroatoms. The van der Waals surface area contributed by atoms with E-state index in [4.69, 9.17) is 10.2 Å². The summed E-state index contributed by atoms with van der Waals surface area (Å²) in [6, 6.07) is 10.9. The molecule has 1 fully saturated rings. The molecule has 4 rings (SSSR count). The number of halogens is 1. The number of aromatic nitrogens is 2. The van der Waals surface area contributed by atoms with Crippen LogP contribution in [0.15, 0.2) is 40.9 Å². The molecule has 3 aromatic rings. The van der Waals surface area contributed by atoms with Crippen LogP contribution in [0.4, 0.5) is 10.2 Å². The minimum atomic E-state index is -1.50. The van der Waals surface area contributed by atoms with Crippen molar-refractivity contribution in [2.45, 2.75) is 38.0 Å². The third kappa shape index (κ3) is 4.61. The molecule has 0 radical (unpaired) electrons. The fraction of sp³-hybridized carbons (Fsp3) is 0.333. The van der Waals surface area contributed by atoms with Gasteiger partial charge in [-0.15, -0.1) is 0 Å². The molecule has 1 aliphatic heterocycles. The third-order valence-electron chi connectivity index (χ3n) is 6.35. The molecule has 182 valence electrons. The number of primary amides is 1. The normalized spacial score (nSPS) is 20.3. The summed E-state index contributed by atoms with van der Waals surface area (Å²) < 4.78 is 22.5. The van der Waals surface area contributed by atoms with E-state index in [2.05, 4.69) is 10.4 Å². The van der Waals surface area contributed by atoms with Crippen LogP contribution in [0.5, 0.6) is 5.75 Å². The maximum absolute atomic E-state index is 15.7. The van der Waals surface area contributed by atoms with Crippen molar-refractivity contribution in [2.24, 2.45) is 5.73 Å². The molecule has 0 aliphatic carbocycles. The summed E-state index contributed by atoms with van der Waals surface area (Å²) in [5, 5.41) is 26.4. The highest BCUT2D eigenvalue weighted by molar-refractivity contribution is 5.99. The first-order chi connectivity index (χ1) is 16.8. The highest BCUT2D eigenvalue weighted by Crippen LogP contribution is 2.38. The number of aryl methyl sites for hydroxylation is 1. The van der Waals surface area contributed by atoms with Gasteiger partial charge in [0.2, 0.25) is 6.41 Å². The van der Waals surface area contributed by atoms with E-state index in [0.29, 0.717) is 30.8 Å². The molecule has 3 heterocycles. The van der Waals surface area contributed by atoms with E-state index in [1.54, 1.807) is 18.2 Å². The highest BCUT2D eigenvalue weighted by Gasteiger charge is 2.46. The maximum atomic E-state index is 15.7. The largest absolute Gasteiger partial charge is 0.507 e. The van der Waals surface area contributed by atoms with Crippen molar-refractivity contribution in [2.75, 3.05) is 18.4 Å². The minimum Gasteiger partial charge on any atom is -0.507 e. The first-order valence-corrected chi connectivity index (χ1v) is 11.0. The second-order valence-corrected chi connectivity index (χ2v) is 8.62. The van der Waals surface area contributed by atoms with Crippen LogP contribution >= 0.6 is 0 Å². The predicted molar refractivity (Wildman–Crippen MR) is 124 cm³/mol. The lowest BCUT2D eigenvalue weighted by molar-refractivity contribution is -0.105. The monoisotopic (exact) mass is 480 g/mol. The molecule has 35 heavy (non-hydrogen) atoms. The smallest absolute Gasteiger partial charge is 0.254 e. The number of phenolic OH excluding ortho intramolecular Hbond substituents is 1. The number of carbonyl (C=O) groups excluding carboxylic acids is 2. The van der Waals surface area contributed by atoms with Crippen molar-refractivity contribution < 1.29 is 23.5 Å². The summed E-state index contributed by atoms with van der Waals surface area (Å²) in [4.78, 5) is 24.5. The molecule has 0 spiro atoms. The Morgan fingerprint density at radius 1 is 1.46 bits per heavy atom. The van der Waals surface area contributed by atoms with E-state index in [-0.39, 0.29) is 36.5 Å². The zero-order chi connectivity index (χ0) is 25.2. The Morgan fingerprint density at radius 3 is 2.86 bits per heavy atom. The quantitative estimate of drug-likeness (QED) is 0.419. The van der Waals surface area contributed by atoms with Gasteiger partial charge < -0.3 is 20.6 Å². The van der Waals surface area contributed by atoms with Crippen molar-refractivity contribution in [1.82, 2.24) is 14.7 Å². The summed E-state index contributed by atoms with van der Waals surface area (Å²) in [5.74, 6) is 0.457. The van der Waals surface area contributed by atoms with Gasteiger partial charge in [-0.2, -0.15) is 10.4 Å². The fourth-order valence-electron chi connectivity index (χ4n) is 4.48. The van der Waals surface area contributed by atoms with E-state index >= 15 is 4.39 Å². The number of benzene rings is 1. The van der Waals surface area contributed by atoms with Crippen LogP contribution in [0.3, 0.4) is 0 Å². The van der Waals surface area contributed by atoms with E-state index in [0.717, 1.165) is 11.3 Å². The molecule has 0 saturated carbocycles. The Kier molecular flexibility index (Phi) is 6.57. The van der Waals surface area contributed by atoms with Crippen LogP contribution in [-0.2, 0) is 16.9 Å². The molecule has 1 aliphatic rings. The van der Waals surface area contributed by atoms with Gasteiger partial charge in [0, 0.05) is 25.8 Å². The lowest BCUT2D eigenvalue weighted by Crippen LogP contribution is -2.54. The molecular formula is C24H25FN6O4. The molecule has 4 N–H and O–H groups in total. The summed E-state index contributed by atoms with van der Waals surface area (Å²) in [7, 11) is 0. The minimum absolute atomic E-state index is 0.00375. The Balaban J connectivity index is 1.53. The van der Waals surface area contributed by atoms with Gasteiger partial charge in [0.15, 0.2) is 5.82 Å². The number of hydrogen-bond donors (Lipinski definition) is 3. The van der Waals surface area contributed by atoms with E-state index < -0.39 is 17.6 Å². The summed E-state index contributed by atoms with van der Waals surface area (Å²) in [6.45, 7) is 2.65. The van der Waals surface area contributed by atoms with Crippen molar-refractivity contribution in [3.8, 4) is 23.1 Å². The molecule has 1 saturated heterocycles. The van der Waals surface area contributed by atoms with Crippen LogP contribution in [0, 0.1) is 18.3 Å². The number of nitrogens with one attached hydrogen (secondary N) is 1. The highest BCUT2D eigenvalue weighted by atomic mass is 19.1. The van der Waals surface area contributed by atoms with Crippen LogP contribution in [0.2, 0.25) is 0 Å². The molecule has 2 unspecified atom stereocenters. The van der Waals surface area contributed by atoms with Crippen molar-refractivity contribution in [3.63, 3.8) is 0 Å². The second kappa shape index (κ2) is 9.60. The number of likely N-dealkylation sites (tertiary alicyclic amines) is 1. The number of amides is 2. The standard InChI is InChI=1S/C24H25FN6O4/c1-15-2-5-20(35-15)17-4-3-16(10-19(17)33)11-30-9-7-24(6-8-26,21(25)13-30)31-12-18(22(27)34)23(29-31)28-14-32/h2-5,10,12,14,21,33H,6-7,9,11,13H2,1H3,(H2,27,34)(H,28,29,32). The topological polar surface area (TPSA) is 150 Å². The lowest BCUT2D eigenvalue weighted by atomic mass is 9.83. The van der Waals surface area contributed by atoms with E-state index in [9.17, 15) is 20.0 Å². The number of carbonyl (C=O) groups is 2. The summed E-state index contributed by atoms with van der Waals surface area (Å²) in [5.41, 5.74) is 5.35. The van der Waals surface area contributed by atoms with Gasteiger partial charge in [-0.1, -0.05) is 6.07 Å².